The van der Waals surface area contributed by atoms with Gasteiger partial charge >= 0.3 is 0 Å². The lowest BCUT2D eigenvalue weighted by molar-refractivity contribution is 0.181. The van der Waals surface area contributed by atoms with E-state index in [0.717, 1.165) is 12.5 Å². The van der Waals surface area contributed by atoms with Gasteiger partial charge < -0.3 is 10.6 Å². The average molecular weight is 198 g/mol. The van der Waals surface area contributed by atoms with Gasteiger partial charge in [-0.2, -0.15) is 0 Å². The molecule has 0 spiro atoms. The van der Waals surface area contributed by atoms with Gasteiger partial charge in [-0.3, -0.25) is 0 Å². The predicted molar refractivity (Wildman–Crippen MR) is 62.2 cm³/mol. The first-order chi connectivity index (χ1) is 6.34. The molecule has 1 fully saturated rings. The molecule has 2 nitrogen and oxygen atoms in total. The maximum Gasteiger partial charge on any atom is 0.0249 e. The minimum absolute atomic E-state index is 0.329. The van der Waals surface area contributed by atoms with Crippen molar-refractivity contribution in [3.05, 3.63) is 0 Å². The van der Waals surface area contributed by atoms with Crippen LogP contribution < -0.4 is 5.73 Å². The fourth-order valence-electron chi connectivity index (χ4n) is 2.59. The Hall–Kier alpha value is -0.0800. The van der Waals surface area contributed by atoms with Crippen molar-refractivity contribution in [3.63, 3.8) is 0 Å². The zero-order chi connectivity index (χ0) is 10.9. The third-order valence-electron chi connectivity index (χ3n) is 3.62. The summed E-state index contributed by atoms with van der Waals surface area (Å²) in [6.07, 6.45) is 2.53. The van der Waals surface area contributed by atoms with Crippen LogP contribution in [0.5, 0.6) is 0 Å². The second-order valence-electron chi connectivity index (χ2n) is 5.95. The van der Waals surface area contributed by atoms with Crippen LogP contribution in [0.4, 0.5) is 0 Å². The van der Waals surface area contributed by atoms with Crippen LogP contribution in [0.1, 0.15) is 40.5 Å². The molecule has 0 radical (unpaired) electrons. The van der Waals surface area contributed by atoms with Crippen LogP contribution in [-0.2, 0) is 0 Å². The molecule has 0 aliphatic heterocycles. The van der Waals surface area contributed by atoms with E-state index in [4.69, 9.17) is 5.73 Å². The molecule has 1 saturated carbocycles. The van der Waals surface area contributed by atoms with Gasteiger partial charge in [-0.15, -0.1) is 0 Å². The predicted octanol–water partition coefficient (Wildman–Crippen LogP) is 2.09. The van der Waals surface area contributed by atoms with Gasteiger partial charge in [0.1, 0.15) is 0 Å². The summed E-state index contributed by atoms with van der Waals surface area (Å²) in [7, 11) is 2.21. The van der Waals surface area contributed by atoms with Gasteiger partial charge in [-0.25, -0.2) is 0 Å². The first-order valence-electron chi connectivity index (χ1n) is 5.80. The zero-order valence-electron chi connectivity index (χ0n) is 10.4. The number of hydrogen-bond acceptors (Lipinski definition) is 2. The van der Waals surface area contributed by atoms with Crippen molar-refractivity contribution in [1.29, 1.82) is 0 Å². The molecular formula is C12H26N2. The minimum Gasteiger partial charge on any atom is -0.326 e. The highest BCUT2D eigenvalue weighted by atomic mass is 15.2. The highest BCUT2D eigenvalue weighted by molar-refractivity contribution is 4.98. The van der Waals surface area contributed by atoms with Crippen molar-refractivity contribution in [2.45, 2.75) is 52.6 Å². The molecule has 0 aromatic rings. The Morgan fingerprint density at radius 3 is 2.36 bits per heavy atom. The molecule has 0 aromatic carbocycles. The van der Waals surface area contributed by atoms with Gasteiger partial charge in [-0.05, 0) is 31.2 Å². The van der Waals surface area contributed by atoms with E-state index in [2.05, 4.69) is 39.6 Å². The molecule has 1 aliphatic rings. The second kappa shape index (κ2) is 4.19. The summed E-state index contributed by atoms with van der Waals surface area (Å²) in [5.74, 6) is 0.732. The van der Waals surface area contributed by atoms with Gasteiger partial charge in [0, 0.05) is 18.6 Å². The van der Waals surface area contributed by atoms with Gasteiger partial charge in [0.15, 0.2) is 0 Å². The van der Waals surface area contributed by atoms with Crippen LogP contribution in [-0.4, -0.2) is 30.6 Å². The molecule has 2 atom stereocenters. The summed E-state index contributed by atoms with van der Waals surface area (Å²) in [6, 6.07) is 0.929. The molecule has 0 aromatic heterocycles. The van der Waals surface area contributed by atoms with E-state index in [0.29, 0.717) is 17.5 Å². The van der Waals surface area contributed by atoms with E-state index in [1.165, 1.54) is 12.8 Å². The lowest BCUT2D eigenvalue weighted by atomic mass is 9.87. The largest absolute Gasteiger partial charge is 0.326 e. The number of rotatable bonds is 3. The molecule has 2 N–H and O–H groups in total. The SMILES string of the molecule is CC(C)CN(C)C1CCC(C)(C)C1N. The van der Waals surface area contributed by atoms with E-state index in [-0.39, 0.29) is 0 Å². The van der Waals surface area contributed by atoms with Crippen molar-refractivity contribution in [2.24, 2.45) is 17.1 Å². The maximum atomic E-state index is 6.29. The first kappa shape index (κ1) is 12.0. The Kier molecular flexibility index (Phi) is 3.59. The monoisotopic (exact) mass is 198 g/mol. The number of likely N-dealkylation sites (N-methyl/N-ethyl adjacent to an activating group) is 1. The summed E-state index contributed by atoms with van der Waals surface area (Å²) in [6.45, 7) is 10.3. The Morgan fingerprint density at radius 1 is 1.43 bits per heavy atom. The summed E-state index contributed by atoms with van der Waals surface area (Å²) in [5, 5.41) is 0. The molecular weight excluding hydrogens is 172 g/mol. The Bertz CT molecular complexity index is 187. The molecule has 2 heteroatoms. The van der Waals surface area contributed by atoms with Gasteiger partial charge in [0.25, 0.3) is 0 Å². The van der Waals surface area contributed by atoms with Crippen LogP contribution in [0.3, 0.4) is 0 Å². The Labute approximate surface area is 88.8 Å². The summed E-state index contributed by atoms with van der Waals surface area (Å²) in [5.41, 5.74) is 6.62. The smallest absolute Gasteiger partial charge is 0.0249 e. The number of nitrogens with two attached hydrogens (primary N) is 1. The molecule has 0 heterocycles. The fraction of sp³-hybridized carbons (Fsp3) is 1.00. The van der Waals surface area contributed by atoms with Crippen LogP contribution in [0.25, 0.3) is 0 Å². The fourth-order valence-corrected chi connectivity index (χ4v) is 2.59. The molecule has 0 amide bonds. The molecule has 2 unspecified atom stereocenters. The van der Waals surface area contributed by atoms with Crippen LogP contribution >= 0.6 is 0 Å². The van der Waals surface area contributed by atoms with Crippen molar-refractivity contribution in [3.8, 4) is 0 Å². The van der Waals surface area contributed by atoms with Crippen molar-refractivity contribution in [1.82, 2.24) is 4.90 Å². The number of hydrogen-bond donors (Lipinski definition) is 1. The normalized spacial score (nSPS) is 31.7. The van der Waals surface area contributed by atoms with Crippen LogP contribution in [0.2, 0.25) is 0 Å². The molecule has 0 bridgehead atoms. The highest BCUT2D eigenvalue weighted by Crippen LogP contribution is 2.38. The third-order valence-corrected chi connectivity index (χ3v) is 3.62. The van der Waals surface area contributed by atoms with Crippen molar-refractivity contribution < 1.29 is 0 Å². The minimum atomic E-state index is 0.329. The third kappa shape index (κ3) is 2.48. The van der Waals surface area contributed by atoms with Crippen LogP contribution in [0, 0.1) is 11.3 Å². The maximum absolute atomic E-state index is 6.29. The second-order valence-corrected chi connectivity index (χ2v) is 5.95. The standard InChI is InChI=1S/C12H26N2/c1-9(2)8-14(5)10-6-7-12(3,4)11(10)13/h9-11H,6-8,13H2,1-5H3. The van der Waals surface area contributed by atoms with Gasteiger partial charge in [0.2, 0.25) is 0 Å². The van der Waals surface area contributed by atoms with Crippen molar-refractivity contribution in [2.75, 3.05) is 13.6 Å². The molecule has 1 rings (SSSR count). The van der Waals surface area contributed by atoms with E-state index in [1.807, 2.05) is 0 Å². The Morgan fingerprint density at radius 2 is 2.00 bits per heavy atom. The quantitative estimate of drug-likeness (QED) is 0.752. The first-order valence-corrected chi connectivity index (χ1v) is 5.80. The van der Waals surface area contributed by atoms with Crippen molar-refractivity contribution >= 4 is 0 Å². The Balaban J connectivity index is 2.54. The lowest BCUT2D eigenvalue weighted by Gasteiger charge is -2.33. The lowest BCUT2D eigenvalue weighted by Crippen LogP contribution is -2.48. The van der Waals surface area contributed by atoms with Crippen LogP contribution in [0.15, 0.2) is 0 Å². The zero-order valence-corrected chi connectivity index (χ0v) is 10.4. The number of nitrogens with zero attached hydrogens (tertiary/aromatic N) is 1. The molecule has 84 valence electrons. The van der Waals surface area contributed by atoms with Gasteiger partial charge in [-0.1, -0.05) is 27.7 Å². The van der Waals surface area contributed by atoms with Gasteiger partial charge in [0.05, 0.1) is 0 Å². The topological polar surface area (TPSA) is 29.3 Å². The van der Waals surface area contributed by atoms with E-state index >= 15 is 0 Å². The van der Waals surface area contributed by atoms with E-state index in [9.17, 15) is 0 Å². The summed E-state index contributed by atoms with van der Waals surface area (Å²) >= 11 is 0. The summed E-state index contributed by atoms with van der Waals surface area (Å²) < 4.78 is 0. The highest BCUT2D eigenvalue weighted by Gasteiger charge is 2.40. The average Bonchev–Trinajstić information content (AvgIpc) is 2.26. The van der Waals surface area contributed by atoms with E-state index in [1.54, 1.807) is 0 Å². The summed E-state index contributed by atoms with van der Waals surface area (Å²) in [4.78, 5) is 2.45. The van der Waals surface area contributed by atoms with E-state index < -0.39 is 0 Å². The molecule has 14 heavy (non-hydrogen) atoms. The molecule has 0 saturated heterocycles. The molecule has 1 aliphatic carbocycles.